The van der Waals surface area contributed by atoms with Crippen molar-refractivity contribution < 1.29 is 22.4 Å². The van der Waals surface area contributed by atoms with Crippen molar-refractivity contribution in [2.75, 3.05) is 0 Å². The van der Waals surface area contributed by atoms with Crippen LogP contribution in [0.1, 0.15) is 15.4 Å². The van der Waals surface area contributed by atoms with Crippen LogP contribution in [0.5, 0.6) is 0 Å². The number of alkyl halides is 3. The summed E-state index contributed by atoms with van der Waals surface area (Å²) in [6.45, 7) is 0. The summed E-state index contributed by atoms with van der Waals surface area (Å²) in [5, 5.41) is 5.14. The molecule has 0 aliphatic heterocycles. The highest BCUT2D eigenvalue weighted by Gasteiger charge is 2.35. The molecule has 0 unspecified atom stereocenters. The topological polar surface area (TPSA) is 48.0 Å². The van der Waals surface area contributed by atoms with E-state index in [0.717, 1.165) is 22.1 Å². The quantitative estimate of drug-likeness (QED) is 0.686. The second kappa shape index (κ2) is 4.88. The van der Waals surface area contributed by atoms with Crippen LogP contribution >= 0.6 is 11.3 Å². The van der Waals surface area contributed by atoms with E-state index in [9.17, 15) is 18.0 Å². The van der Waals surface area contributed by atoms with Gasteiger partial charge in [0.25, 0.3) is 0 Å². The van der Waals surface area contributed by atoms with Gasteiger partial charge >= 0.3 is 6.18 Å². The molecule has 0 atom stereocenters. The Hall–Kier alpha value is -2.35. The van der Waals surface area contributed by atoms with E-state index in [-0.39, 0.29) is 11.5 Å². The van der Waals surface area contributed by atoms with Crippen LogP contribution in [0, 0.1) is 0 Å². The largest absolute Gasteiger partial charge is 0.463 e. The van der Waals surface area contributed by atoms with Crippen molar-refractivity contribution in [3.63, 3.8) is 0 Å². The van der Waals surface area contributed by atoms with Crippen molar-refractivity contribution in [2.45, 2.75) is 6.18 Å². The molecule has 0 saturated heterocycles. The van der Waals surface area contributed by atoms with E-state index >= 15 is 0 Å². The number of carbonyl (C=O) groups is 1. The first-order chi connectivity index (χ1) is 9.99. The molecule has 0 aromatic carbocycles. The summed E-state index contributed by atoms with van der Waals surface area (Å²) in [6, 6.07) is 5.50. The molecule has 0 radical (unpaired) electrons. The summed E-state index contributed by atoms with van der Waals surface area (Å²) in [5.41, 5.74) is -0.473. The fraction of sp³-hybridized carbons (Fsp3) is 0.0769. The summed E-state index contributed by atoms with van der Waals surface area (Å²) in [4.78, 5) is 11.1. The van der Waals surface area contributed by atoms with Gasteiger partial charge in [0.1, 0.15) is 5.69 Å². The maximum absolute atomic E-state index is 12.8. The van der Waals surface area contributed by atoms with Gasteiger partial charge in [0.2, 0.25) is 0 Å². The lowest BCUT2D eigenvalue weighted by molar-refractivity contribution is -0.141. The van der Waals surface area contributed by atoms with Crippen molar-refractivity contribution in [1.29, 1.82) is 0 Å². The Morgan fingerprint density at radius 3 is 2.71 bits per heavy atom. The molecule has 0 spiro atoms. The highest BCUT2D eigenvalue weighted by molar-refractivity contribution is 7.12. The van der Waals surface area contributed by atoms with Crippen molar-refractivity contribution in [1.82, 2.24) is 9.78 Å². The molecule has 3 rings (SSSR count). The molecule has 0 N–H and O–H groups in total. The van der Waals surface area contributed by atoms with Crippen LogP contribution in [-0.4, -0.2) is 16.1 Å². The van der Waals surface area contributed by atoms with Crippen LogP contribution in [0.25, 0.3) is 17.1 Å². The lowest BCUT2D eigenvalue weighted by Gasteiger charge is -2.02. The zero-order chi connectivity index (χ0) is 15.0. The summed E-state index contributed by atoms with van der Waals surface area (Å²) < 4.78 is 44.8. The average Bonchev–Trinajstić information content (AvgIpc) is 3.16. The summed E-state index contributed by atoms with van der Waals surface area (Å²) in [5.74, 6) is 0.261. The molecule has 3 heterocycles. The lowest BCUT2D eigenvalue weighted by Crippen LogP contribution is -2.07. The highest BCUT2D eigenvalue weighted by Crippen LogP contribution is 2.33. The van der Waals surface area contributed by atoms with Crippen LogP contribution in [0.4, 0.5) is 13.2 Å². The van der Waals surface area contributed by atoms with Gasteiger partial charge < -0.3 is 4.42 Å². The Bertz CT molecular complexity index is 772. The molecule has 21 heavy (non-hydrogen) atoms. The van der Waals surface area contributed by atoms with Crippen molar-refractivity contribution in [2.24, 2.45) is 0 Å². The van der Waals surface area contributed by atoms with Gasteiger partial charge in [-0.15, -0.1) is 11.3 Å². The number of hydrogen-bond donors (Lipinski definition) is 0. The number of furan rings is 1. The predicted molar refractivity (Wildman–Crippen MR) is 69.5 cm³/mol. The third kappa shape index (κ3) is 2.49. The number of aromatic nitrogens is 2. The number of hydrogen-bond acceptors (Lipinski definition) is 4. The minimum absolute atomic E-state index is 0.169. The third-order valence-electron chi connectivity index (χ3n) is 2.74. The number of nitrogens with zero attached hydrogens (tertiary/aromatic N) is 2. The molecule has 3 aromatic heterocycles. The second-order valence-corrected chi connectivity index (χ2v) is 5.07. The molecule has 0 fully saturated rings. The summed E-state index contributed by atoms with van der Waals surface area (Å²) in [6.07, 6.45) is -2.56. The average molecular weight is 312 g/mol. The zero-order valence-electron chi connectivity index (χ0n) is 10.3. The lowest BCUT2D eigenvalue weighted by atomic mass is 10.3. The van der Waals surface area contributed by atoms with Gasteiger partial charge in [-0.1, -0.05) is 0 Å². The van der Waals surface area contributed by atoms with E-state index in [1.165, 1.54) is 12.3 Å². The van der Waals surface area contributed by atoms with E-state index in [0.29, 0.717) is 16.9 Å². The first kappa shape index (κ1) is 13.6. The molecule has 108 valence electrons. The maximum atomic E-state index is 12.8. The second-order valence-electron chi connectivity index (χ2n) is 4.13. The maximum Gasteiger partial charge on any atom is 0.435 e. The Morgan fingerprint density at radius 2 is 2.14 bits per heavy atom. The molecule has 0 bridgehead atoms. The predicted octanol–water partition coefficient (Wildman–Crippen LogP) is 4.03. The molecule has 8 heteroatoms. The monoisotopic (exact) mass is 312 g/mol. The molecule has 0 aliphatic rings. The van der Waals surface area contributed by atoms with Crippen LogP contribution in [0.15, 0.2) is 40.3 Å². The van der Waals surface area contributed by atoms with Gasteiger partial charge in [0.05, 0.1) is 16.8 Å². The van der Waals surface area contributed by atoms with Crippen molar-refractivity contribution in [3.8, 4) is 17.1 Å². The summed E-state index contributed by atoms with van der Waals surface area (Å²) >= 11 is 1.13. The molecule has 3 aromatic rings. The molecular formula is C13H7F3N2O2S. The van der Waals surface area contributed by atoms with Gasteiger partial charge in [-0.25, -0.2) is 4.68 Å². The Morgan fingerprint density at radius 1 is 1.33 bits per heavy atom. The van der Waals surface area contributed by atoms with Crippen LogP contribution < -0.4 is 0 Å². The number of carbonyl (C=O) groups excluding carboxylic acids is 1. The first-order valence-corrected chi connectivity index (χ1v) is 6.62. The molecule has 0 saturated carbocycles. The fourth-order valence-electron chi connectivity index (χ4n) is 1.83. The van der Waals surface area contributed by atoms with E-state index in [4.69, 9.17) is 4.42 Å². The van der Waals surface area contributed by atoms with Gasteiger partial charge in [0.15, 0.2) is 17.7 Å². The standard InChI is InChI=1S/C13H7F3N2O2S/c14-13(15,16)12-5-10(11-2-1-3-20-11)18(17-12)8-4-9(6-19)21-7-8/h1-7H. The van der Waals surface area contributed by atoms with E-state index < -0.39 is 11.9 Å². The molecule has 0 amide bonds. The number of rotatable bonds is 3. The van der Waals surface area contributed by atoms with Gasteiger partial charge in [-0.3, -0.25) is 4.79 Å². The van der Waals surface area contributed by atoms with E-state index in [1.54, 1.807) is 17.5 Å². The number of thiophene rings is 1. The normalized spacial score (nSPS) is 11.8. The molecular weight excluding hydrogens is 305 g/mol. The molecule has 4 nitrogen and oxygen atoms in total. The number of aldehydes is 1. The SMILES string of the molecule is O=Cc1cc(-n2nc(C(F)(F)F)cc2-c2ccco2)cs1. The van der Waals surface area contributed by atoms with Crippen molar-refractivity contribution >= 4 is 17.6 Å². The minimum atomic E-state index is -4.56. The van der Waals surface area contributed by atoms with Crippen LogP contribution in [-0.2, 0) is 6.18 Å². The van der Waals surface area contributed by atoms with Gasteiger partial charge in [-0.2, -0.15) is 18.3 Å². The zero-order valence-corrected chi connectivity index (χ0v) is 11.1. The van der Waals surface area contributed by atoms with E-state index in [1.807, 2.05) is 0 Å². The highest BCUT2D eigenvalue weighted by atomic mass is 32.1. The smallest absolute Gasteiger partial charge is 0.435 e. The van der Waals surface area contributed by atoms with Crippen LogP contribution in [0.3, 0.4) is 0 Å². The molecule has 0 aliphatic carbocycles. The Kier molecular flexibility index (Phi) is 3.17. The summed E-state index contributed by atoms with van der Waals surface area (Å²) in [7, 11) is 0. The fourth-order valence-corrected chi connectivity index (χ4v) is 2.50. The van der Waals surface area contributed by atoms with Gasteiger partial charge in [-0.05, 0) is 18.2 Å². The number of halogens is 3. The minimum Gasteiger partial charge on any atom is -0.463 e. The Balaban J connectivity index is 2.18. The first-order valence-electron chi connectivity index (χ1n) is 5.74. The van der Waals surface area contributed by atoms with Crippen molar-refractivity contribution in [3.05, 3.63) is 46.5 Å². The third-order valence-corrected chi connectivity index (χ3v) is 3.59. The van der Waals surface area contributed by atoms with E-state index in [2.05, 4.69) is 5.10 Å². The van der Waals surface area contributed by atoms with Gasteiger partial charge in [0, 0.05) is 11.4 Å². The Labute approximate surface area is 120 Å². The van der Waals surface area contributed by atoms with Crippen LogP contribution in [0.2, 0.25) is 0 Å².